The van der Waals surface area contributed by atoms with Crippen LogP contribution in [0.1, 0.15) is 22.5 Å². The Hall–Kier alpha value is -3.33. The highest BCUT2D eigenvalue weighted by Gasteiger charge is 2.32. The van der Waals surface area contributed by atoms with Gasteiger partial charge in [0.25, 0.3) is 5.91 Å². The van der Waals surface area contributed by atoms with E-state index in [1.54, 1.807) is 19.2 Å². The maximum absolute atomic E-state index is 12.8. The van der Waals surface area contributed by atoms with Crippen LogP contribution in [0, 0.1) is 0 Å². The maximum Gasteiger partial charge on any atom is 0.307 e. The number of methoxy groups -OCH3 is 2. The number of benzene rings is 1. The summed E-state index contributed by atoms with van der Waals surface area (Å²) in [4.78, 5) is 40.1. The van der Waals surface area contributed by atoms with E-state index in [4.69, 9.17) is 13.9 Å². The first-order valence-corrected chi connectivity index (χ1v) is 9.92. The lowest BCUT2D eigenvalue weighted by atomic mass is 10.2. The third-order valence-electron chi connectivity index (χ3n) is 4.98. The Kier molecular flexibility index (Phi) is 7.66. The first-order chi connectivity index (χ1) is 15.0. The van der Waals surface area contributed by atoms with Crippen molar-refractivity contribution in [1.29, 1.82) is 0 Å². The molecule has 1 aromatic heterocycles. The molecule has 0 saturated carbocycles. The number of furan rings is 1. The summed E-state index contributed by atoms with van der Waals surface area (Å²) < 4.78 is 21.2. The topological polar surface area (TPSA) is 98.5 Å². The van der Waals surface area contributed by atoms with E-state index in [9.17, 15) is 14.4 Å². The SMILES string of the molecule is COC(=O)CCN1CC(OCc2cccc(OC)c2)CN(C(=O)c2ccco2)CC1=O. The molecule has 9 heteroatoms. The van der Waals surface area contributed by atoms with Gasteiger partial charge in [-0.25, -0.2) is 0 Å². The van der Waals surface area contributed by atoms with Gasteiger partial charge in [0, 0.05) is 19.6 Å². The molecule has 31 heavy (non-hydrogen) atoms. The van der Waals surface area contributed by atoms with Gasteiger partial charge in [0.1, 0.15) is 12.3 Å². The van der Waals surface area contributed by atoms with Crippen LogP contribution in [0.25, 0.3) is 0 Å². The Bertz CT molecular complexity index is 897. The molecule has 0 N–H and O–H groups in total. The fraction of sp³-hybridized carbons (Fsp3) is 0.409. The molecular weight excluding hydrogens is 404 g/mol. The van der Waals surface area contributed by atoms with Crippen molar-refractivity contribution in [2.24, 2.45) is 0 Å². The predicted octanol–water partition coefficient (Wildman–Crippen LogP) is 1.72. The van der Waals surface area contributed by atoms with Crippen molar-refractivity contribution in [2.45, 2.75) is 19.1 Å². The fourth-order valence-corrected chi connectivity index (χ4v) is 3.32. The number of hydrogen-bond acceptors (Lipinski definition) is 7. The summed E-state index contributed by atoms with van der Waals surface area (Å²) in [6.07, 6.45) is 1.03. The molecule has 3 rings (SSSR count). The fourth-order valence-electron chi connectivity index (χ4n) is 3.32. The van der Waals surface area contributed by atoms with Gasteiger partial charge in [0.05, 0.1) is 39.6 Å². The van der Waals surface area contributed by atoms with Crippen LogP contribution >= 0.6 is 0 Å². The second kappa shape index (κ2) is 10.6. The molecule has 1 atom stereocenters. The minimum absolute atomic E-state index is 0.0664. The average molecular weight is 430 g/mol. The predicted molar refractivity (Wildman–Crippen MR) is 109 cm³/mol. The van der Waals surface area contributed by atoms with Crippen molar-refractivity contribution in [3.05, 3.63) is 54.0 Å². The zero-order valence-corrected chi connectivity index (χ0v) is 17.6. The van der Waals surface area contributed by atoms with Gasteiger partial charge in [-0.2, -0.15) is 0 Å². The summed E-state index contributed by atoms with van der Waals surface area (Å²) in [5.74, 6) is -0.192. The molecule has 2 aromatic rings. The van der Waals surface area contributed by atoms with Crippen molar-refractivity contribution in [1.82, 2.24) is 9.80 Å². The molecule has 1 unspecified atom stereocenters. The highest BCUT2D eigenvalue weighted by molar-refractivity contribution is 5.94. The summed E-state index contributed by atoms with van der Waals surface area (Å²) in [5.41, 5.74) is 0.903. The highest BCUT2D eigenvalue weighted by Crippen LogP contribution is 2.17. The number of carbonyl (C=O) groups is 3. The van der Waals surface area contributed by atoms with Gasteiger partial charge in [0.15, 0.2) is 5.76 Å². The normalized spacial score (nSPS) is 16.7. The standard InChI is InChI=1S/C22H26N2O7/c1-28-17-6-3-5-16(11-17)15-31-18-12-23(9-8-21(26)29-2)20(25)14-24(13-18)22(27)19-7-4-10-30-19/h3-7,10-11,18H,8-9,12-15H2,1-2H3. The number of carbonyl (C=O) groups excluding carboxylic acids is 3. The molecule has 1 saturated heterocycles. The van der Waals surface area contributed by atoms with E-state index in [1.807, 2.05) is 24.3 Å². The van der Waals surface area contributed by atoms with Crippen LogP contribution < -0.4 is 4.74 Å². The Morgan fingerprint density at radius 1 is 1.16 bits per heavy atom. The smallest absolute Gasteiger partial charge is 0.307 e. The van der Waals surface area contributed by atoms with Gasteiger partial charge >= 0.3 is 5.97 Å². The van der Waals surface area contributed by atoms with Crippen LogP contribution in [0.3, 0.4) is 0 Å². The molecular formula is C22H26N2O7. The van der Waals surface area contributed by atoms with E-state index in [1.165, 1.54) is 23.2 Å². The molecule has 0 spiro atoms. The first-order valence-electron chi connectivity index (χ1n) is 9.92. The molecule has 166 valence electrons. The van der Waals surface area contributed by atoms with Crippen LogP contribution in [0.5, 0.6) is 5.75 Å². The number of rotatable bonds is 8. The number of amides is 2. The minimum atomic E-state index is -0.450. The second-order valence-electron chi connectivity index (χ2n) is 7.11. The molecule has 2 amide bonds. The third-order valence-corrected chi connectivity index (χ3v) is 4.98. The quantitative estimate of drug-likeness (QED) is 0.588. The zero-order chi connectivity index (χ0) is 22.2. The van der Waals surface area contributed by atoms with Gasteiger partial charge < -0.3 is 28.4 Å². The van der Waals surface area contributed by atoms with Crippen LogP contribution in [0.15, 0.2) is 47.1 Å². The molecule has 0 aliphatic carbocycles. The zero-order valence-electron chi connectivity index (χ0n) is 17.6. The van der Waals surface area contributed by atoms with Gasteiger partial charge in [-0.05, 0) is 29.8 Å². The van der Waals surface area contributed by atoms with E-state index in [0.717, 1.165) is 5.56 Å². The molecule has 2 heterocycles. The summed E-state index contributed by atoms with van der Waals surface area (Å²) in [5, 5.41) is 0. The lowest BCUT2D eigenvalue weighted by Crippen LogP contribution is -2.40. The Balaban J connectivity index is 1.73. The first kappa shape index (κ1) is 22.4. The number of ether oxygens (including phenoxy) is 3. The van der Waals surface area contributed by atoms with Gasteiger partial charge in [0.2, 0.25) is 5.91 Å². The van der Waals surface area contributed by atoms with Crippen molar-refractivity contribution >= 4 is 17.8 Å². The van der Waals surface area contributed by atoms with Crippen molar-refractivity contribution in [3.63, 3.8) is 0 Å². The Morgan fingerprint density at radius 3 is 2.71 bits per heavy atom. The van der Waals surface area contributed by atoms with E-state index in [2.05, 4.69) is 4.74 Å². The summed E-state index contributed by atoms with van der Waals surface area (Å²) in [6, 6.07) is 10.6. The maximum atomic E-state index is 12.8. The summed E-state index contributed by atoms with van der Waals surface area (Å²) >= 11 is 0. The van der Waals surface area contributed by atoms with Crippen molar-refractivity contribution < 1.29 is 33.0 Å². The minimum Gasteiger partial charge on any atom is -0.497 e. The molecule has 1 fully saturated rings. The number of nitrogens with zero attached hydrogens (tertiary/aromatic N) is 2. The lowest BCUT2D eigenvalue weighted by Gasteiger charge is -2.24. The van der Waals surface area contributed by atoms with Crippen LogP contribution in [0.4, 0.5) is 0 Å². The van der Waals surface area contributed by atoms with Crippen molar-refractivity contribution in [3.8, 4) is 5.75 Å². The van der Waals surface area contributed by atoms with E-state index in [-0.39, 0.29) is 56.8 Å². The van der Waals surface area contributed by atoms with Crippen molar-refractivity contribution in [2.75, 3.05) is 40.4 Å². The van der Waals surface area contributed by atoms with E-state index < -0.39 is 12.1 Å². The van der Waals surface area contributed by atoms with Gasteiger partial charge in [-0.3, -0.25) is 14.4 Å². The van der Waals surface area contributed by atoms with E-state index >= 15 is 0 Å². The number of hydrogen-bond donors (Lipinski definition) is 0. The summed E-state index contributed by atoms with van der Waals surface area (Å²) in [7, 11) is 2.89. The highest BCUT2D eigenvalue weighted by atomic mass is 16.5. The monoisotopic (exact) mass is 430 g/mol. The average Bonchev–Trinajstić information content (AvgIpc) is 3.28. The molecule has 1 aliphatic heterocycles. The Morgan fingerprint density at radius 2 is 2.00 bits per heavy atom. The van der Waals surface area contributed by atoms with Crippen LogP contribution in [-0.4, -0.2) is 74.1 Å². The molecule has 9 nitrogen and oxygen atoms in total. The van der Waals surface area contributed by atoms with Crippen LogP contribution in [0.2, 0.25) is 0 Å². The number of esters is 1. The largest absolute Gasteiger partial charge is 0.497 e. The lowest BCUT2D eigenvalue weighted by molar-refractivity contribution is -0.142. The third kappa shape index (κ3) is 6.08. The molecule has 0 bridgehead atoms. The van der Waals surface area contributed by atoms with Crippen LogP contribution in [-0.2, 0) is 25.7 Å². The Labute approximate surface area is 180 Å². The summed E-state index contributed by atoms with van der Waals surface area (Å²) in [6.45, 7) is 0.808. The molecule has 1 aromatic carbocycles. The van der Waals surface area contributed by atoms with Gasteiger partial charge in [-0.15, -0.1) is 0 Å². The van der Waals surface area contributed by atoms with E-state index in [0.29, 0.717) is 5.75 Å². The van der Waals surface area contributed by atoms with Gasteiger partial charge in [-0.1, -0.05) is 12.1 Å². The molecule has 1 aliphatic rings. The molecule has 0 radical (unpaired) electrons. The second-order valence-corrected chi connectivity index (χ2v) is 7.11.